The van der Waals surface area contributed by atoms with Crippen molar-refractivity contribution >= 4 is 35.1 Å². The molecular weight excluding hydrogens is 252 g/mol. The standard InChI is InChI=1S/C12H18N2OS2/c15-10(13-14-11(16)17)12-4-7-1-8(5-12)3-9(2-7)6-12/h7-9H,1-6H2,(H,13,15)(H2,14,16,17). The summed E-state index contributed by atoms with van der Waals surface area (Å²) in [6, 6.07) is 0. The molecule has 0 atom stereocenters. The summed E-state index contributed by atoms with van der Waals surface area (Å²) in [5, 5.41) is 0. The monoisotopic (exact) mass is 270 g/mol. The van der Waals surface area contributed by atoms with E-state index in [1.807, 2.05) is 0 Å². The highest BCUT2D eigenvalue weighted by molar-refractivity contribution is 8.11. The summed E-state index contributed by atoms with van der Waals surface area (Å²) >= 11 is 8.75. The lowest BCUT2D eigenvalue weighted by Crippen LogP contribution is -2.56. The van der Waals surface area contributed by atoms with Gasteiger partial charge in [0.05, 0.1) is 5.41 Å². The first kappa shape index (κ1) is 11.8. The molecule has 94 valence electrons. The van der Waals surface area contributed by atoms with Gasteiger partial charge >= 0.3 is 0 Å². The minimum Gasteiger partial charge on any atom is -0.283 e. The molecule has 2 N–H and O–H groups in total. The molecule has 0 aromatic rings. The van der Waals surface area contributed by atoms with Gasteiger partial charge < -0.3 is 0 Å². The minimum atomic E-state index is -0.111. The lowest BCUT2D eigenvalue weighted by atomic mass is 9.49. The summed E-state index contributed by atoms with van der Waals surface area (Å²) in [6.45, 7) is 0. The fraction of sp³-hybridized carbons (Fsp3) is 0.833. The molecule has 4 saturated carbocycles. The number of hydrazine groups is 1. The van der Waals surface area contributed by atoms with Gasteiger partial charge in [-0.1, -0.05) is 12.2 Å². The van der Waals surface area contributed by atoms with Crippen LogP contribution in [0.15, 0.2) is 0 Å². The lowest BCUT2D eigenvalue weighted by Gasteiger charge is -2.55. The van der Waals surface area contributed by atoms with Crippen LogP contribution in [0.2, 0.25) is 0 Å². The second kappa shape index (κ2) is 4.12. The molecule has 4 bridgehead atoms. The van der Waals surface area contributed by atoms with Gasteiger partial charge in [0, 0.05) is 0 Å². The predicted molar refractivity (Wildman–Crippen MR) is 73.5 cm³/mol. The summed E-state index contributed by atoms with van der Waals surface area (Å²) < 4.78 is 0.322. The molecule has 0 aromatic heterocycles. The molecule has 0 radical (unpaired) electrons. The van der Waals surface area contributed by atoms with Crippen LogP contribution in [0.1, 0.15) is 38.5 Å². The molecule has 17 heavy (non-hydrogen) atoms. The maximum atomic E-state index is 12.3. The quantitative estimate of drug-likeness (QED) is 0.388. The molecule has 4 aliphatic rings. The van der Waals surface area contributed by atoms with Crippen LogP contribution in [0.25, 0.3) is 0 Å². The number of nitrogens with one attached hydrogen (secondary N) is 2. The zero-order chi connectivity index (χ0) is 12.0. The van der Waals surface area contributed by atoms with Crippen molar-refractivity contribution in [2.24, 2.45) is 23.2 Å². The van der Waals surface area contributed by atoms with Crippen LogP contribution in [0.3, 0.4) is 0 Å². The van der Waals surface area contributed by atoms with Gasteiger partial charge in [-0.15, -0.1) is 12.6 Å². The van der Waals surface area contributed by atoms with Gasteiger partial charge in [-0.25, -0.2) is 0 Å². The Hall–Kier alpha value is -0.290. The Bertz CT molecular complexity index is 334. The van der Waals surface area contributed by atoms with Crippen LogP contribution >= 0.6 is 24.8 Å². The first-order valence-corrected chi connectivity index (χ1v) is 7.22. The largest absolute Gasteiger partial charge is 0.283 e. The Kier molecular flexibility index (Phi) is 2.86. The summed E-state index contributed by atoms with van der Waals surface area (Å²) in [6.07, 6.45) is 7.28. The van der Waals surface area contributed by atoms with Gasteiger partial charge in [0.1, 0.15) is 4.32 Å². The van der Waals surface area contributed by atoms with Crippen LogP contribution in [-0.2, 0) is 4.79 Å². The normalized spacial score (nSPS) is 42.3. The van der Waals surface area contributed by atoms with Crippen LogP contribution in [0.5, 0.6) is 0 Å². The molecule has 4 aliphatic carbocycles. The maximum absolute atomic E-state index is 12.3. The van der Waals surface area contributed by atoms with Gasteiger partial charge in [0.2, 0.25) is 5.91 Å². The molecule has 4 rings (SSSR count). The van der Waals surface area contributed by atoms with Crippen molar-refractivity contribution in [3.05, 3.63) is 0 Å². The minimum absolute atomic E-state index is 0.111. The van der Waals surface area contributed by atoms with E-state index in [0.717, 1.165) is 37.0 Å². The number of hydrogen-bond acceptors (Lipinski definition) is 2. The summed E-state index contributed by atoms with van der Waals surface area (Å²) in [5.41, 5.74) is 5.29. The summed E-state index contributed by atoms with van der Waals surface area (Å²) in [7, 11) is 0. The Morgan fingerprint density at radius 2 is 1.53 bits per heavy atom. The number of thiocarbonyl (C=S) groups is 1. The van der Waals surface area contributed by atoms with Crippen molar-refractivity contribution in [1.29, 1.82) is 0 Å². The number of carbonyl (C=O) groups excluding carboxylic acids is 1. The number of carbonyl (C=O) groups is 1. The Balaban J connectivity index is 1.73. The Morgan fingerprint density at radius 3 is 1.94 bits per heavy atom. The van der Waals surface area contributed by atoms with Gasteiger partial charge in [0.25, 0.3) is 0 Å². The smallest absolute Gasteiger partial charge is 0.244 e. The average molecular weight is 270 g/mol. The van der Waals surface area contributed by atoms with Crippen molar-refractivity contribution in [2.45, 2.75) is 38.5 Å². The topological polar surface area (TPSA) is 41.1 Å². The highest BCUT2D eigenvalue weighted by atomic mass is 32.1. The van der Waals surface area contributed by atoms with Crippen LogP contribution in [0, 0.1) is 23.2 Å². The fourth-order valence-electron chi connectivity index (χ4n) is 4.63. The molecule has 5 heteroatoms. The van der Waals surface area contributed by atoms with Crippen molar-refractivity contribution in [1.82, 2.24) is 10.9 Å². The van der Waals surface area contributed by atoms with Crippen molar-refractivity contribution in [2.75, 3.05) is 0 Å². The fourth-order valence-corrected chi connectivity index (χ4v) is 4.74. The van der Waals surface area contributed by atoms with E-state index < -0.39 is 0 Å². The third kappa shape index (κ3) is 2.08. The van der Waals surface area contributed by atoms with Gasteiger partial charge in [0.15, 0.2) is 0 Å². The summed E-state index contributed by atoms with van der Waals surface area (Å²) in [4.78, 5) is 12.3. The number of thiol groups is 1. The van der Waals surface area contributed by atoms with Crippen molar-refractivity contribution in [3.63, 3.8) is 0 Å². The molecular formula is C12H18N2OS2. The molecule has 3 nitrogen and oxygen atoms in total. The van der Waals surface area contributed by atoms with Crippen LogP contribution in [-0.4, -0.2) is 10.2 Å². The molecule has 0 aromatic carbocycles. The van der Waals surface area contributed by atoms with Crippen LogP contribution < -0.4 is 10.9 Å². The zero-order valence-corrected chi connectivity index (χ0v) is 11.4. The first-order valence-electron chi connectivity index (χ1n) is 6.37. The highest BCUT2D eigenvalue weighted by Gasteiger charge is 2.54. The molecule has 0 unspecified atom stereocenters. The van der Waals surface area contributed by atoms with Gasteiger partial charge in [-0.2, -0.15) is 0 Å². The highest BCUT2D eigenvalue weighted by Crippen LogP contribution is 2.59. The lowest BCUT2D eigenvalue weighted by molar-refractivity contribution is -0.146. The van der Waals surface area contributed by atoms with Crippen molar-refractivity contribution in [3.8, 4) is 0 Å². The number of rotatable bonds is 1. The molecule has 0 heterocycles. The Morgan fingerprint density at radius 1 is 1.06 bits per heavy atom. The predicted octanol–water partition coefficient (Wildman–Crippen LogP) is 2.04. The molecule has 0 spiro atoms. The van der Waals surface area contributed by atoms with E-state index in [2.05, 4.69) is 23.5 Å². The van der Waals surface area contributed by atoms with E-state index in [1.54, 1.807) is 0 Å². The molecule has 1 amide bonds. The van der Waals surface area contributed by atoms with E-state index in [1.165, 1.54) is 19.3 Å². The maximum Gasteiger partial charge on any atom is 0.244 e. The number of hydrogen-bond donors (Lipinski definition) is 3. The van der Waals surface area contributed by atoms with E-state index in [4.69, 9.17) is 12.2 Å². The van der Waals surface area contributed by atoms with Gasteiger partial charge in [-0.05, 0) is 56.3 Å². The Labute approximate surface area is 112 Å². The average Bonchev–Trinajstić information content (AvgIpc) is 2.23. The molecule has 4 fully saturated rings. The second-order valence-electron chi connectivity index (χ2n) is 6.08. The first-order chi connectivity index (χ1) is 8.07. The third-order valence-corrected chi connectivity index (χ3v) is 5.02. The van der Waals surface area contributed by atoms with Crippen LogP contribution in [0.4, 0.5) is 0 Å². The third-order valence-electron chi connectivity index (χ3n) is 4.80. The SMILES string of the molecule is O=C(NNC(=S)S)C12CC3CC(CC(C3)C1)C2. The zero-order valence-electron chi connectivity index (χ0n) is 9.74. The second-order valence-corrected chi connectivity index (χ2v) is 7.24. The van der Waals surface area contributed by atoms with Crippen molar-refractivity contribution < 1.29 is 4.79 Å². The van der Waals surface area contributed by atoms with Gasteiger partial charge in [-0.3, -0.25) is 15.6 Å². The number of amides is 1. The van der Waals surface area contributed by atoms with E-state index in [0.29, 0.717) is 4.32 Å². The van der Waals surface area contributed by atoms with E-state index >= 15 is 0 Å². The van der Waals surface area contributed by atoms with E-state index in [-0.39, 0.29) is 11.3 Å². The molecule has 0 saturated heterocycles. The summed E-state index contributed by atoms with van der Waals surface area (Å²) in [5.74, 6) is 2.49. The molecule has 0 aliphatic heterocycles. The van der Waals surface area contributed by atoms with E-state index in [9.17, 15) is 4.79 Å².